The summed E-state index contributed by atoms with van der Waals surface area (Å²) < 4.78 is 5.51. The topological polar surface area (TPSA) is 44.8 Å². The number of hydrogen-bond acceptors (Lipinski definition) is 4. The van der Waals surface area contributed by atoms with Gasteiger partial charge in [-0.3, -0.25) is 0 Å². The molecule has 2 aliphatic heterocycles. The number of carbonyl (C=O) groups excluding carboxylic acids is 1. The Morgan fingerprint density at radius 3 is 2.75 bits per heavy atom. The van der Waals surface area contributed by atoms with Gasteiger partial charge in [0.15, 0.2) is 0 Å². The maximum atomic E-state index is 12.3. The van der Waals surface area contributed by atoms with Crippen LogP contribution in [-0.2, 0) is 17.7 Å². The van der Waals surface area contributed by atoms with E-state index in [2.05, 4.69) is 28.4 Å². The SMILES string of the molecule is CC(C)(C)OC(=O)N1CCCN(c2ccc3c(c2)CNCC3)CC1. The number of fused-ring (bicyclic) bond motifs is 1. The molecule has 0 saturated carbocycles. The van der Waals surface area contributed by atoms with Crippen molar-refractivity contribution < 1.29 is 9.53 Å². The molecule has 3 rings (SSSR count). The van der Waals surface area contributed by atoms with Crippen molar-refractivity contribution in [2.24, 2.45) is 0 Å². The Hall–Kier alpha value is -1.75. The molecule has 1 aromatic carbocycles. The van der Waals surface area contributed by atoms with Crippen molar-refractivity contribution in [1.82, 2.24) is 10.2 Å². The molecule has 5 nitrogen and oxygen atoms in total. The Morgan fingerprint density at radius 1 is 1.12 bits per heavy atom. The molecule has 0 radical (unpaired) electrons. The number of ether oxygens (including phenoxy) is 1. The molecule has 1 aromatic rings. The van der Waals surface area contributed by atoms with Gasteiger partial charge in [0, 0.05) is 38.4 Å². The predicted octanol–water partition coefficient (Wildman–Crippen LogP) is 2.78. The van der Waals surface area contributed by atoms with Gasteiger partial charge < -0.3 is 19.9 Å². The summed E-state index contributed by atoms with van der Waals surface area (Å²) in [6.45, 7) is 11.1. The van der Waals surface area contributed by atoms with Crippen molar-refractivity contribution in [2.45, 2.75) is 45.8 Å². The van der Waals surface area contributed by atoms with Crippen LogP contribution in [0.1, 0.15) is 38.3 Å². The summed E-state index contributed by atoms with van der Waals surface area (Å²) in [4.78, 5) is 16.5. The fourth-order valence-electron chi connectivity index (χ4n) is 3.35. The third kappa shape index (κ3) is 4.20. The van der Waals surface area contributed by atoms with Gasteiger partial charge in [0.1, 0.15) is 5.60 Å². The molecular weight excluding hydrogens is 302 g/mol. The largest absolute Gasteiger partial charge is 0.444 e. The number of nitrogens with one attached hydrogen (secondary N) is 1. The van der Waals surface area contributed by atoms with E-state index in [1.165, 1.54) is 16.8 Å². The van der Waals surface area contributed by atoms with Crippen LogP contribution in [0.5, 0.6) is 0 Å². The number of hydrogen-bond donors (Lipinski definition) is 1. The van der Waals surface area contributed by atoms with Crippen molar-refractivity contribution in [3.63, 3.8) is 0 Å². The molecule has 1 fully saturated rings. The van der Waals surface area contributed by atoms with Crippen molar-refractivity contribution in [2.75, 3.05) is 37.6 Å². The maximum absolute atomic E-state index is 12.3. The Kier molecular flexibility index (Phi) is 4.99. The van der Waals surface area contributed by atoms with E-state index in [0.29, 0.717) is 6.54 Å². The molecule has 0 spiro atoms. The van der Waals surface area contributed by atoms with E-state index in [9.17, 15) is 4.79 Å². The zero-order valence-corrected chi connectivity index (χ0v) is 15.1. The lowest BCUT2D eigenvalue weighted by molar-refractivity contribution is 0.0263. The number of carbonyl (C=O) groups is 1. The third-order valence-corrected chi connectivity index (χ3v) is 4.59. The normalized spacial score (nSPS) is 18.8. The fraction of sp³-hybridized carbons (Fsp3) is 0.632. The van der Waals surface area contributed by atoms with Gasteiger partial charge in [0.25, 0.3) is 0 Å². The lowest BCUT2D eigenvalue weighted by Gasteiger charge is -2.27. The van der Waals surface area contributed by atoms with Crippen LogP contribution in [0.25, 0.3) is 0 Å². The van der Waals surface area contributed by atoms with Gasteiger partial charge in [0.05, 0.1) is 0 Å². The minimum absolute atomic E-state index is 0.195. The zero-order chi connectivity index (χ0) is 17.2. The molecule has 1 saturated heterocycles. The molecular formula is C19H29N3O2. The van der Waals surface area contributed by atoms with E-state index >= 15 is 0 Å². The smallest absolute Gasteiger partial charge is 0.410 e. The molecule has 0 atom stereocenters. The minimum atomic E-state index is -0.436. The van der Waals surface area contributed by atoms with E-state index in [0.717, 1.165) is 45.6 Å². The van der Waals surface area contributed by atoms with Gasteiger partial charge >= 0.3 is 6.09 Å². The van der Waals surface area contributed by atoms with Gasteiger partial charge in [0.2, 0.25) is 0 Å². The quantitative estimate of drug-likeness (QED) is 0.859. The summed E-state index contributed by atoms with van der Waals surface area (Å²) in [5, 5.41) is 3.44. The van der Waals surface area contributed by atoms with Crippen molar-refractivity contribution in [1.29, 1.82) is 0 Å². The molecule has 5 heteroatoms. The number of nitrogens with zero attached hydrogens (tertiary/aromatic N) is 2. The van der Waals surface area contributed by atoms with E-state index < -0.39 is 5.60 Å². The van der Waals surface area contributed by atoms with E-state index in [1.54, 1.807) is 0 Å². The van der Waals surface area contributed by atoms with Crippen LogP contribution >= 0.6 is 0 Å². The number of anilines is 1. The maximum Gasteiger partial charge on any atom is 0.410 e. The lowest BCUT2D eigenvalue weighted by Crippen LogP contribution is -2.39. The van der Waals surface area contributed by atoms with Crippen LogP contribution in [0.4, 0.5) is 10.5 Å². The lowest BCUT2D eigenvalue weighted by atomic mass is 10.00. The minimum Gasteiger partial charge on any atom is -0.444 e. The number of benzene rings is 1. The van der Waals surface area contributed by atoms with Gasteiger partial charge in [-0.2, -0.15) is 0 Å². The molecule has 0 aromatic heterocycles. The van der Waals surface area contributed by atoms with Gasteiger partial charge in [-0.25, -0.2) is 4.79 Å². The van der Waals surface area contributed by atoms with E-state index in [1.807, 2.05) is 25.7 Å². The summed E-state index contributed by atoms with van der Waals surface area (Å²) in [5.74, 6) is 0. The number of amides is 1. The van der Waals surface area contributed by atoms with Crippen LogP contribution < -0.4 is 10.2 Å². The third-order valence-electron chi connectivity index (χ3n) is 4.59. The van der Waals surface area contributed by atoms with Crippen LogP contribution in [0, 0.1) is 0 Å². The first-order valence-corrected chi connectivity index (χ1v) is 8.98. The first-order valence-electron chi connectivity index (χ1n) is 8.98. The second-order valence-corrected chi connectivity index (χ2v) is 7.69. The Labute approximate surface area is 145 Å². The average Bonchev–Trinajstić information content (AvgIpc) is 2.79. The summed E-state index contributed by atoms with van der Waals surface area (Å²) >= 11 is 0. The van der Waals surface area contributed by atoms with Crippen LogP contribution in [-0.4, -0.2) is 49.3 Å². The van der Waals surface area contributed by atoms with Gasteiger partial charge in [-0.05, 0) is 63.4 Å². The molecule has 1 amide bonds. The van der Waals surface area contributed by atoms with Crippen LogP contribution in [0.3, 0.4) is 0 Å². The molecule has 132 valence electrons. The highest BCUT2D eigenvalue weighted by molar-refractivity contribution is 5.68. The van der Waals surface area contributed by atoms with Crippen molar-refractivity contribution in [3.05, 3.63) is 29.3 Å². The summed E-state index contributed by atoms with van der Waals surface area (Å²) in [7, 11) is 0. The van der Waals surface area contributed by atoms with Gasteiger partial charge in [-0.15, -0.1) is 0 Å². The highest BCUT2D eigenvalue weighted by atomic mass is 16.6. The van der Waals surface area contributed by atoms with Crippen molar-refractivity contribution >= 4 is 11.8 Å². The first-order chi connectivity index (χ1) is 11.4. The van der Waals surface area contributed by atoms with Crippen LogP contribution in [0.2, 0.25) is 0 Å². The molecule has 2 aliphatic rings. The van der Waals surface area contributed by atoms with E-state index in [-0.39, 0.29) is 6.09 Å². The summed E-state index contributed by atoms with van der Waals surface area (Å²) in [6.07, 6.45) is 1.88. The monoisotopic (exact) mass is 331 g/mol. The standard InChI is InChI=1S/C19H29N3O2/c1-19(2,3)24-18(23)22-10-4-9-21(11-12-22)17-6-5-15-7-8-20-14-16(15)13-17/h5-6,13,20H,4,7-12,14H2,1-3H3. The highest BCUT2D eigenvalue weighted by Crippen LogP contribution is 2.23. The molecule has 0 unspecified atom stereocenters. The average molecular weight is 331 g/mol. The summed E-state index contributed by atoms with van der Waals surface area (Å²) in [6, 6.07) is 6.81. The van der Waals surface area contributed by atoms with Gasteiger partial charge in [-0.1, -0.05) is 6.07 Å². The molecule has 1 N–H and O–H groups in total. The molecule has 2 heterocycles. The first kappa shape index (κ1) is 17.1. The molecule has 0 aliphatic carbocycles. The Bertz CT molecular complexity index is 595. The van der Waals surface area contributed by atoms with Crippen molar-refractivity contribution in [3.8, 4) is 0 Å². The Balaban J connectivity index is 1.64. The Morgan fingerprint density at radius 2 is 1.96 bits per heavy atom. The highest BCUT2D eigenvalue weighted by Gasteiger charge is 2.24. The predicted molar refractivity (Wildman–Crippen MR) is 96.5 cm³/mol. The van der Waals surface area contributed by atoms with E-state index in [4.69, 9.17) is 4.74 Å². The fourth-order valence-corrected chi connectivity index (χ4v) is 3.35. The molecule has 24 heavy (non-hydrogen) atoms. The summed E-state index contributed by atoms with van der Waals surface area (Å²) in [5.41, 5.74) is 3.70. The molecule has 0 bridgehead atoms. The second kappa shape index (κ2) is 7.01. The zero-order valence-electron chi connectivity index (χ0n) is 15.1. The number of rotatable bonds is 1. The second-order valence-electron chi connectivity index (χ2n) is 7.69. The van der Waals surface area contributed by atoms with Crippen LogP contribution in [0.15, 0.2) is 18.2 Å².